The van der Waals surface area contributed by atoms with Gasteiger partial charge in [0.25, 0.3) is 0 Å². The Morgan fingerprint density at radius 2 is 1.71 bits per heavy atom. The van der Waals surface area contributed by atoms with Crippen molar-refractivity contribution in [2.75, 3.05) is 14.1 Å². The monoisotopic (exact) mass is 347 g/mol. The van der Waals surface area contributed by atoms with Gasteiger partial charge in [-0.05, 0) is 42.7 Å². The Kier molecular flexibility index (Phi) is 5.41. The van der Waals surface area contributed by atoms with E-state index in [1.54, 1.807) is 13.0 Å². The summed E-state index contributed by atoms with van der Waals surface area (Å²) in [6.45, 7) is 3.84. The molecule has 2 aromatic rings. The van der Waals surface area contributed by atoms with Crippen LogP contribution in [0, 0.1) is 13.8 Å². The van der Waals surface area contributed by atoms with Crippen LogP contribution >= 0.6 is 0 Å². The third kappa shape index (κ3) is 3.83. The molecule has 0 fully saturated rings. The van der Waals surface area contributed by atoms with E-state index in [1.165, 1.54) is 26.2 Å². The molecule has 0 aliphatic heterocycles. The number of hydrogen-bond acceptors (Lipinski definition) is 4. The smallest absolute Gasteiger partial charge is 0.338 e. The van der Waals surface area contributed by atoms with Crippen LogP contribution < -0.4 is 0 Å². The van der Waals surface area contributed by atoms with Gasteiger partial charge in [0.1, 0.15) is 6.61 Å². The van der Waals surface area contributed by atoms with Gasteiger partial charge in [0.05, 0.1) is 10.5 Å². The fraction of sp³-hybridized carbons (Fsp3) is 0.278. The second-order valence-electron chi connectivity index (χ2n) is 5.77. The molecule has 5 nitrogen and oxygen atoms in total. The summed E-state index contributed by atoms with van der Waals surface area (Å²) in [6.07, 6.45) is 0. The summed E-state index contributed by atoms with van der Waals surface area (Å²) in [4.78, 5) is 12.4. The van der Waals surface area contributed by atoms with Gasteiger partial charge in [0, 0.05) is 14.1 Å². The number of nitrogens with zero attached hydrogens (tertiary/aromatic N) is 1. The van der Waals surface area contributed by atoms with Crippen molar-refractivity contribution in [3.63, 3.8) is 0 Å². The van der Waals surface area contributed by atoms with Crippen molar-refractivity contribution in [2.45, 2.75) is 25.3 Å². The van der Waals surface area contributed by atoms with Crippen LogP contribution in [-0.2, 0) is 21.4 Å². The summed E-state index contributed by atoms with van der Waals surface area (Å²) < 4.78 is 30.9. The number of sulfonamides is 1. The van der Waals surface area contributed by atoms with Crippen molar-refractivity contribution in [1.29, 1.82) is 0 Å². The van der Waals surface area contributed by atoms with Crippen LogP contribution in [0.2, 0.25) is 0 Å². The van der Waals surface area contributed by atoms with E-state index in [2.05, 4.69) is 0 Å². The van der Waals surface area contributed by atoms with E-state index in [9.17, 15) is 13.2 Å². The first kappa shape index (κ1) is 18.2. The van der Waals surface area contributed by atoms with Gasteiger partial charge in [-0.1, -0.05) is 30.3 Å². The molecule has 0 N–H and O–H groups in total. The number of benzene rings is 2. The van der Waals surface area contributed by atoms with E-state index in [0.717, 1.165) is 15.4 Å². The Morgan fingerprint density at radius 1 is 1.04 bits per heavy atom. The highest BCUT2D eigenvalue weighted by Crippen LogP contribution is 2.19. The molecule has 0 amide bonds. The molecule has 0 atom stereocenters. The number of ether oxygens (including phenoxy) is 1. The maximum atomic E-state index is 12.4. The fourth-order valence-corrected chi connectivity index (χ4v) is 3.11. The molecule has 0 saturated carbocycles. The van der Waals surface area contributed by atoms with Crippen molar-refractivity contribution in [3.05, 3.63) is 64.7 Å². The van der Waals surface area contributed by atoms with E-state index < -0.39 is 16.0 Å². The van der Waals surface area contributed by atoms with Crippen LogP contribution in [0.15, 0.2) is 47.4 Å². The van der Waals surface area contributed by atoms with Crippen molar-refractivity contribution in [3.8, 4) is 0 Å². The molecule has 0 radical (unpaired) electrons. The molecule has 6 heteroatoms. The van der Waals surface area contributed by atoms with Gasteiger partial charge in [-0.2, -0.15) is 0 Å². The normalized spacial score (nSPS) is 11.5. The number of esters is 1. The van der Waals surface area contributed by atoms with Crippen molar-refractivity contribution in [2.24, 2.45) is 0 Å². The number of hydrogen-bond donors (Lipinski definition) is 0. The summed E-state index contributed by atoms with van der Waals surface area (Å²) in [6, 6.07) is 12.1. The average Bonchev–Trinajstić information content (AvgIpc) is 2.54. The van der Waals surface area contributed by atoms with Crippen molar-refractivity contribution < 1.29 is 17.9 Å². The third-order valence-corrected chi connectivity index (χ3v) is 5.64. The predicted octanol–water partition coefficient (Wildman–Crippen LogP) is 2.91. The van der Waals surface area contributed by atoms with Crippen LogP contribution in [0.25, 0.3) is 0 Å². The van der Waals surface area contributed by atoms with Crippen molar-refractivity contribution in [1.82, 2.24) is 4.31 Å². The standard InChI is InChI=1S/C18H21NO4S/c1-13-7-5-6-8-15(13)12-23-18(20)17-11-16(10-9-14(17)2)24(21,22)19(3)4/h5-11H,12H2,1-4H3. The molecule has 0 aromatic heterocycles. The summed E-state index contributed by atoms with van der Waals surface area (Å²) in [5.74, 6) is -0.536. The lowest BCUT2D eigenvalue weighted by atomic mass is 10.1. The molecular weight excluding hydrogens is 326 g/mol. The molecule has 0 bridgehead atoms. The maximum absolute atomic E-state index is 12.4. The minimum Gasteiger partial charge on any atom is -0.457 e. The van der Waals surface area contributed by atoms with Crippen LogP contribution in [0.3, 0.4) is 0 Å². The summed E-state index contributed by atoms with van der Waals surface area (Å²) in [5, 5.41) is 0. The number of carbonyl (C=O) groups excluding carboxylic acids is 1. The fourth-order valence-electron chi connectivity index (χ4n) is 2.19. The first-order valence-corrected chi connectivity index (χ1v) is 8.92. The lowest BCUT2D eigenvalue weighted by molar-refractivity contribution is 0.0471. The zero-order chi connectivity index (χ0) is 17.9. The Labute approximate surface area is 142 Å². The predicted molar refractivity (Wildman–Crippen MR) is 92.4 cm³/mol. The zero-order valence-corrected chi connectivity index (χ0v) is 15.1. The molecule has 0 saturated heterocycles. The lowest BCUT2D eigenvalue weighted by Crippen LogP contribution is -2.22. The summed E-state index contributed by atoms with van der Waals surface area (Å²) in [5.41, 5.74) is 2.88. The van der Waals surface area contributed by atoms with Crippen molar-refractivity contribution >= 4 is 16.0 Å². The first-order chi connectivity index (χ1) is 11.2. The molecule has 0 heterocycles. The van der Waals surface area contributed by atoms with Crippen LogP contribution in [0.5, 0.6) is 0 Å². The van der Waals surface area contributed by atoms with Crippen LogP contribution in [0.1, 0.15) is 27.0 Å². The van der Waals surface area contributed by atoms with E-state index in [0.29, 0.717) is 5.56 Å². The molecular formula is C18H21NO4S. The molecule has 0 aliphatic rings. The molecule has 0 aliphatic carbocycles. The highest BCUT2D eigenvalue weighted by molar-refractivity contribution is 7.89. The molecule has 2 rings (SSSR count). The zero-order valence-electron chi connectivity index (χ0n) is 14.2. The van der Waals surface area contributed by atoms with Gasteiger partial charge >= 0.3 is 5.97 Å². The number of rotatable bonds is 5. The quantitative estimate of drug-likeness (QED) is 0.780. The molecule has 0 unspecified atom stereocenters. The first-order valence-electron chi connectivity index (χ1n) is 7.48. The Morgan fingerprint density at radius 3 is 2.33 bits per heavy atom. The SMILES string of the molecule is Cc1ccccc1COC(=O)c1cc(S(=O)(=O)N(C)C)ccc1C. The van der Waals surface area contributed by atoms with Gasteiger partial charge in [0.2, 0.25) is 10.0 Å². The van der Waals surface area contributed by atoms with E-state index in [-0.39, 0.29) is 17.1 Å². The largest absolute Gasteiger partial charge is 0.457 e. The minimum atomic E-state index is -3.60. The van der Waals surface area contributed by atoms with Gasteiger partial charge < -0.3 is 4.74 Å². The summed E-state index contributed by atoms with van der Waals surface area (Å²) >= 11 is 0. The van der Waals surface area contributed by atoms with Crippen LogP contribution in [-0.4, -0.2) is 32.8 Å². The van der Waals surface area contributed by atoms with E-state index in [1.807, 2.05) is 31.2 Å². The van der Waals surface area contributed by atoms with Crippen LogP contribution in [0.4, 0.5) is 0 Å². The maximum Gasteiger partial charge on any atom is 0.338 e. The number of aryl methyl sites for hydroxylation is 2. The Bertz CT molecular complexity index is 857. The van der Waals surface area contributed by atoms with Gasteiger partial charge in [-0.3, -0.25) is 0 Å². The molecule has 24 heavy (non-hydrogen) atoms. The lowest BCUT2D eigenvalue weighted by Gasteiger charge is -2.14. The molecule has 128 valence electrons. The second kappa shape index (κ2) is 7.15. The highest BCUT2D eigenvalue weighted by Gasteiger charge is 2.20. The van der Waals surface area contributed by atoms with E-state index >= 15 is 0 Å². The topological polar surface area (TPSA) is 63.7 Å². The third-order valence-electron chi connectivity index (χ3n) is 3.83. The van der Waals surface area contributed by atoms with Gasteiger partial charge in [-0.25, -0.2) is 17.5 Å². The van der Waals surface area contributed by atoms with Gasteiger partial charge in [0.15, 0.2) is 0 Å². The Hall–Kier alpha value is -2.18. The Balaban J connectivity index is 2.25. The van der Waals surface area contributed by atoms with Gasteiger partial charge in [-0.15, -0.1) is 0 Å². The second-order valence-corrected chi connectivity index (χ2v) is 7.92. The number of carbonyl (C=O) groups is 1. The molecule has 2 aromatic carbocycles. The van der Waals surface area contributed by atoms with E-state index in [4.69, 9.17) is 4.74 Å². The minimum absolute atomic E-state index is 0.0703. The average molecular weight is 347 g/mol. The molecule has 0 spiro atoms. The highest BCUT2D eigenvalue weighted by atomic mass is 32.2. The summed E-state index contributed by atoms with van der Waals surface area (Å²) in [7, 11) is -0.698.